The van der Waals surface area contributed by atoms with Gasteiger partial charge in [-0.25, -0.2) is 0 Å². The van der Waals surface area contributed by atoms with Crippen LogP contribution in [0.25, 0.3) is 0 Å². The Labute approximate surface area is 110 Å². The SMILES string of the molecule is COC1CC(NCCC(=O)OC(C)(C)C)C1(C)C. The van der Waals surface area contributed by atoms with E-state index in [1.807, 2.05) is 20.8 Å². The second-order valence-electron chi connectivity index (χ2n) is 6.62. The molecule has 1 rings (SSSR count). The van der Waals surface area contributed by atoms with Crippen molar-refractivity contribution < 1.29 is 14.3 Å². The number of rotatable bonds is 5. The second-order valence-corrected chi connectivity index (χ2v) is 6.62. The van der Waals surface area contributed by atoms with Crippen molar-refractivity contribution in [2.75, 3.05) is 13.7 Å². The van der Waals surface area contributed by atoms with Gasteiger partial charge in [0.2, 0.25) is 0 Å². The van der Waals surface area contributed by atoms with Gasteiger partial charge in [-0.2, -0.15) is 0 Å². The van der Waals surface area contributed by atoms with E-state index in [1.165, 1.54) is 0 Å². The molecule has 1 aliphatic rings. The van der Waals surface area contributed by atoms with Crippen LogP contribution in [0.5, 0.6) is 0 Å². The zero-order valence-electron chi connectivity index (χ0n) is 12.5. The van der Waals surface area contributed by atoms with Crippen molar-refractivity contribution in [1.82, 2.24) is 5.32 Å². The third kappa shape index (κ3) is 3.95. The van der Waals surface area contributed by atoms with Crippen LogP contribution in [0.15, 0.2) is 0 Å². The molecule has 106 valence electrons. The summed E-state index contributed by atoms with van der Waals surface area (Å²) in [5, 5.41) is 3.41. The van der Waals surface area contributed by atoms with Gasteiger partial charge in [-0.3, -0.25) is 4.79 Å². The number of esters is 1. The van der Waals surface area contributed by atoms with Crippen molar-refractivity contribution >= 4 is 5.97 Å². The fourth-order valence-corrected chi connectivity index (χ4v) is 2.37. The van der Waals surface area contributed by atoms with Crippen LogP contribution in [0.1, 0.15) is 47.5 Å². The Hall–Kier alpha value is -0.610. The maximum Gasteiger partial charge on any atom is 0.307 e. The van der Waals surface area contributed by atoms with Crippen LogP contribution in [0.3, 0.4) is 0 Å². The number of hydrogen-bond acceptors (Lipinski definition) is 4. The molecule has 0 aliphatic heterocycles. The van der Waals surface area contributed by atoms with Crippen molar-refractivity contribution in [3.05, 3.63) is 0 Å². The summed E-state index contributed by atoms with van der Waals surface area (Å²) in [6, 6.07) is 0.421. The summed E-state index contributed by atoms with van der Waals surface area (Å²) < 4.78 is 10.7. The normalized spacial score (nSPS) is 26.6. The maximum atomic E-state index is 11.5. The fraction of sp³-hybridized carbons (Fsp3) is 0.929. The molecule has 1 saturated carbocycles. The molecule has 0 bridgehead atoms. The minimum absolute atomic E-state index is 0.142. The predicted octanol–water partition coefficient (Wildman–Crippen LogP) is 2.12. The van der Waals surface area contributed by atoms with Crippen LogP contribution in [-0.2, 0) is 14.3 Å². The second kappa shape index (κ2) is 5.57. The molecule has 4 nitrogen and oxygen atoms in total. The molecule has 1 fully saturated rings. The molecule has 0 spiro atoms. The van der Waals surface area contributed by atoms with Gasteiger partial charge in [-0.15, -0.1) is 0 Å². The van der Waals surface area contributed by atoms with Gasteiger partial charge < -0.3 is 14.8 Å². The molecule has 0 aromatic rings. The Morgan fingerprint density at radius 1 is 1.39 bits per heavy atom. The third-order valence-corrected chi connectivity index (χ3v) is 3.60. The smallest absolute Gasteiger partial charge is 0.307 e. The summed E-state index contributed by atoms with van der Waals surface area (Å²) in [5.41, 5.74) is -0.253. The quantitative estimate of drug-likeness (QED) is 0.766. The fourth-order valence-electron chi connectivity index (χ4n) is 2.37. The first kappa shape index (κ1) is 15.4. The number of carbonyl (C=O) groups excluding carboxylic acids is 1. The lowest BCUT2D eigenvalue weighted by molar-refractivity contribution is -0.155. The first-order valence-electron chi connectivity index (χ1n) is 6.65. The monoisotopic (exact) mass is 257 g/mol. The average Bonchev–Trinajstić information content (AvgIpc) is 2.19. The van der Waals surface area contributed by atoms with Crippen molar-refractivity contribution in [2.45, 2.75) is 65.2 Å². The highest BCUT2D eigenvalue weighted by Gasteiger charge is 2.48. The van der Waals surface area contributed by atoms with Crippen LogP contribution in [-0.4, -0.2) is 37.4 Å². The van der Waals surface area contributed by atoms with Crippen LogP contribution < -0.4 is 5.32 Å². The highest BCUT2D eigenvalue weighted by molar-refractivity contribution is 5.70. The Morgan fingerprint density at radius 2 is 2.00 bits per heavy atom. The Morgan fingerprint density at radius 3 is 2.44 bits per heavy atom. The molecule has 2 atom stereocenters. The summed E-state index contributed by atoms with van der Waals surface area (Å²) in [5.74, 6) is -0.143. The van der Waals surface area contributed by atoms with E-state index in [0.717, 1.165) is 6.42 Å². The zero-order chi connectivity index (χ0) is 14.0. The zero-order valence-corrected chi connectivity index (χ0v) is 12.5. The molecule has 0 aromatic carbocycles. The van der Waals surface area contributed by atoms with Gasteiger partial charge in [0.15, 0.2) is 0 Å². The maximum absolute atomic E-state index is 11.5. The van der Waals surface area contributed by atoms with Gasteiger partial charge in [0.25, 0.3) is 0 Å². The number of hydrogen-bond donors (Lipinski definition) is 1. The van der Waals surface area contributed by atoms with E-state index in [4.69, 9.17) is 9.47 Å². The van der Waals surface area contributed by atoms with E-state index in [0.29, 0.717) is 25.1 Å². The molecule has 4 heteroatoms. The summed E-state index contributed by atoms with van der Waals surface area (Å²) >= 11 is 0. The molecule has 0 saturated heterocycles. The third-order valence-electron chi connectivity index (χ3n) is 3.60. The minimum atomic E-state index is -0.395. The van der Waals surface area contributed by atoms with Gasteiger partial charge in [0, 0.05) is 25.1 Å². The molecule has 0 radical (unpaired) electrons. The number of nitrogens with one attached hydrogen (secondary N) is 1. The molecule has 0 amide bonds. The van der Waals surface area contributed by atoms with Gasteiger partial charge in [-0.05, 0) is 27.2 Å². The van der Waals surface area contributed by atoms with Crippen molar-refractivity contribution in [1.29, 1.82) is 0 Å². The average molecular weight is 257 g/mol. The highest BCUT2D eigenvalue weighted by Crippen LogP contribution is 2.42. The van der Waals surface area contributed by atoms with Crippen LogP contribution in [0, 0.1) is 5.41 Å². The highest BCUT2D eigenvalue weighted by atomic mass is 16.6. The Bertz CT molecular complexity index is 294. The van der Waals surface area contributed by atoms with Crippen molar-refractivity contribution in [3.63, 3.8) is 0 Å². The lowest BCUT2D eigenvalue weighted by atomic mass is 9.64. The van der Waals surface area contributed by atoms with E-state index >= 15 is 0 Å². The lowest BCUT2D eigenvalue weighted by Gasteiger charge is -2.51. The number of methoxy groups -OCH3 is 1. The molecular weight excluding hydrogens is 230 g/mol. The number of carbonyl (C=O) groups is 1. The first-order chi connectivity index (χ1) is 8.16. The summed E-state index contributed by atoms with van der Waals surface area (Å²) in [6.45, 7) is 10.7. The van der Waals surface area contributed by atoms with E-state index < -0.39 is 5.60 Å². The number of ether oxygens (including phenoxy) is 2. The largest absolute Gasteiger partial charge is 0.460 e. The van der Waals surface area contributed by atoms with Crippen LogP contribution in [0.4, 0.5) is 0 Å². The van der Waals surface area contributed by atoms with Crippen LogP contribution >= 0.6 is 0 Å². The predicted molar refractivity (Wildman–Crippen MR) is 71.4 cm³/mol. The van der Waals surface area contributed by atoms with Gasteiger partial charge in [-0.1, -0.05) is 13.8 Å². The summed E-state index contributed by atoms with van der Waals surface area (Å²) in [6.07, 6.45) is 1.75. The molecule has 2 unspecified atom stereocenters. The van der Waals surface area contributed by atoms with Gasteiger partial charge in [0.1, 0.15) is 5.60 Å². The molecule has 18 heavy (non-hydrogen) atoms. The first-order valence-corrected chi connectivity index (χ1v) is 6.65. The Balaban J connectivity index is 2.22. The standard InChI is InChI=1S/C14H27NO3/c1-13(2,3)18-12(16)7-8-15-10-9-11(17-6)14(10,4)5/h10-11,15H,7-9H2,1-6H3. The topological polar surface area (TPSA) is 47.6 Å². The molecule has 0 aromatic heterocycles. The summed E-state index contributed by atoms with van der Waals surface area (Å²) in [4.78, 5) is 11.5. The minimum Gasteiger partial charge on any atom is -0.460 e. The van der Waals surface area contributed by atoms with E-state index in [-0.39, 0.29) is 11.4 Å². The van der Waals surface area contributed by atoms with Gasteiger partial charge in [0.05, 0.1) is 12.5 Å². The molecule has 1 N–H and O–H groups in total. The molecule has 0 heterocycles. The van der Waals surface area contributed by atoms with E-state index in [9.17, 15) is 4.79 Å². The van der Waals surface area contributed by atoms with Crippen molar-refractivity contribution in [2.24, 2.45) is 5.41 Å². The van der Waals surface area contributed by atoms with Gasteiger partial charge >= 0.3 is 5.97 Å². The molecule has 1 aliphatic carbocycles. The summed E-state index contributed by atoms with van der Waals surface area (Å²) in [7, 11) is 1.75. The van der Waals surface area contributed by atoms with Crippen molar-refractivity contribution in [3.8, 4) is 0 Å². The Kier molecular flexibility index (Phi) is 4.78. The lowest BCUT2D eigenvalue weighted by Crippen LogP contribution is -2.60. The van der Waals surface area contributed by atoms with E-state index in [2.05, 4.69) is 19.2 Å². The van der Waals surface area contributed by atoms with E-state index in [1.54, 1.807) is 7.11 Å². The van der Waals surface area contributed by atoms with Crippen LogP contribution in [0.2, 0.25) is 0 Å². The molecular formula is C14H27NO3.